The molecular weight excluding hydrogens is 356 g/mol. The van der Waals surface area contributed by atoms with Gasteiger partial charge in [0.15, 0.2) is 0 Å². The van der Waals surface area contributed by atoms with Crippen LogP contribution in [0.5, 0.6) is 0 Å². The Morgan fingerprint density at radius 3 is 2.64 bits per heavy atom. The minimum atomic E-state index is -0.156. The van der Waals surface area contributed by atoms with Crippen LogP contribution in [-0.2, 0) is 11.3 Å². The molecule has 148 valence electrons. The van der Waals surface area contributed by atoms with Crippen molar-refractivity contribution in [3.8, 4) is 0 Å². The van der Waals surface area contributed by atoms with Gasteiger partial charge in [-0.1, -0.05) is 23.4 Å². The van der Waals surface area contributed by atoms with E-state index in [1.54, 1.807) is 0 Å². The number of fused-ring (bicyclic) bond motifs is 1. The molecule has 1 fully saturated rings. The van der Waals surface area contributed by atoms with Crippen molar-refractivity contribution < 1.29 is 13.7 Å². The van der Waals surface area contributed by atoms with Crippen LogP contribution < -0.4 is 5.32 Å². The van der Waals surface area contributed by atoms with Gasteiger partial charge in [0.2, 0.25) is 5.91 Å². The van der Waals surface area contributed by atoms with E-state index in [-0.39, 0.29) is 11.9 Å². The molecule has 2 aromatic heterocycles. The molecule has 1 aliphatic rings. The Kier molecular flexibility index (Phi) is 5.45. The average Bonchev–Trinajstić information content (AvgIpc) is 3.29. The second-order valence-electron chi connectivity index (χ2n) is 7.46. The molecule has 1 N–H and O–H groups in total. The Morgan fingerprint density at radius 2 is 1.93 bits per heavy atom. The maximum absolute atomic E-state index is 12.5. The zero-order valence-electron chi connectivity index (χ0n) is 16.4. The number of piperazine rings is 1. The van der Waals surface area contributed by atoms with Gasteiger partial charge in [0.25, 0.3) is 0 Å². The summed E-state index contributed by atoms with van der Waals surface area (Å²) in [6, 6.07) is 11.7. The van der Waals surface area contributed by atoms with Crippen molar-refractivity contribution in [2.45, 2.75) is 26.4 Å². The summed E-state index contributed by atoms with van der Waals surface area (Å²) in [7, 11) is 0. The zero-order valence-corrected chi connectivity index (χ0v) is 16.4. The maximum Gasteiger partial charge on any atom is 0.234 e. The number of aryl methyl sites for hydroxylation is 1. The minimum absolute atomic E-state index is 0.0218. The molecule has 7 heteroatoms. The van der Waals surface area contributed by atoms with Gasteiger partial charge in [-0.15, -0.1) is 0 Å². The second kappa shape index (κ2) is 8.16. The Labute approximate surface area is 164 Å². The van der Waals surface area contributed by atoms with Gasteiger partial charge in [-0.3, -0.25) is 14.6 Å². The summed E-state index contributed by atoms with van der Waals surface area (Å²) in [5.41, 5.74) is 1.81. The van der Waals surface area contributed by atoms with E-state index in [0.29, 0.717) is 6.54 Å². The maximum atomic E-state index is 12.5. The number of para-hydroxylation sites is 1. The Balaban J connectivity index is 1.24. The highest BCUT2D eigenvalue weighted by Gasteiger charge is 2.21. The fourth-order valence-corrected chi connectivity index (χ4v) is 3.60. The molecule has 1 saturated heterocycles. The summed E-state index contributed by atoms with van der Waals surface area (Å²) in [6.07, 6.45) is 0. The Bertz CT molecular complexity index is 907. The molecule has 1 aliphatic heterocycles. The molecule has 1 atom stereocenters. The average molecular weight is 382 g/mol. The fraction of sp³-hybridized carbons (Fsp3) is 0.429. The number of carbonyl (C=O) groups excluding carboxylic acids is 1. The van der Waals surface area contributed by atoms with Crippen molar-refractivity contribution >= 4 is 16.9 Å². The van der Waals surface area contributed by atoms with Crippen molar-refractivity contribution in [3.05, 3.63) is 53.6 Å². The number of rotatable bonds is 6. The summed E-state index contributed by atoms with van der Waals surface area (Å²) < 4.78 is 11.0. The lowest BCUT2D eigenvalue weighted by Crippen LogP contribution is -2.49. The smallest absolute Gasteiger partial charge is 0.234 e. The first-order chi connectivity index (χ1) is 13.6. The summed E-state index contributed by atoms with van der Waals surface area (Å²) in [5.74, 6) is 1.64. The van der Waals surface area contributed by atoms with E-state index in [9.17, 15) is 4.79 Å². The van der Waals surface area contributed by atoms with Crippen LogP contribution in [-0.4, -0.2) is 53.6 Å². The van der Waals surface area contributed by atoms with E-state index in [4.69, 9.17) is 8.94 Å². The normalized spacial score (nSPS) is 17.1. The number of benzene rings is 1. The van der Waals surface area contributed by atoms with Crippen molar-refractivity contribution in [3.63, 3.8) is 0 Å². The molecule has 3 aromatic rings. The molecule has 0 aliphatic carbocycles. The van der Waals surface area contributed by atoms with Crippen molar-refractivity contribution in [2.75, 3.05) is 32.7 Å². The van der Waals surface area contributed by atoms with Gasteiger partial charge in [0.05, 0.1) is 18.3 Å². The molecular formula is C21H26N4O3. The standard InChI is InChI=1S/C21H26N4O3/c1-15-11-18(23-28-15)13-24-7-9-25(10-8-24)14-21(26)22-16(2)20-12-17-5-3-4-6-19(17)27-20/h3-6,11-12,16H,7-10,13-14H2,1-2H3,(H,22,26)/t16-/m0/s1. The molecule has 3 heterocycles. The number of amides is 1. The molecule has 0 spiro atoms. The predicted octanol–water partition coefficient (Wildman–Crippen LogP) is 2.72. The SMILES string of the molecule is Cc1cc(CN2CCN(CC(=O)N[C@@H](C)c3cc4ccccc4o3)CC2)no1. The quantitative estimate of drug-likeness (QED) is 0.707. The number of hydrogen-bond acceptors (Lipinski definition) is 6. The summed E-state index contributed by atoms with van der Waals surface area (Å²) in [5, 5.41) is 8.15. The van der Waals surface area contributed by atoms with Crippen LogP contribution in [0.2, 0.25) is 0 Å². The summed E-state index contributed by atoms with van der Waals surface area (Å²) in [6.45, 7) is 8.61. The fourth-order valence-electron chi connectivity index (χ4n) is 3.60. The molecule has 4 rings (SSSR count). The Hall–Kier alpha value is -2.64. The third-order valence-electron chi connectivity index (χ3n) is 5.14. The lowest BCUT2D eigenvalue weighted by atomic mass is 10.2. The lowest BCUT2D eigenvalue weighted by molar-refractivity contribution is -0.123. The molecule has 1 aromatic carbocycles. The summed E-state index contributed by atoms with van der Waals surface area (Å²) >= 11 is 0. The van der Waals surface area contributed by atoms with Crippen molar-refractivity contribution in [1.29, 1.82) is 0 Å². The van der Waals surface area contributed by atoms with Crippen LogP contribution in [0, 0.1) is 6.92 Å². The molecule has 7 nitrogen and oxygen atoms in total. The minimum Gasteiger partial charge on any atom is -0.459 e. The van der Waals surface area contributed by atoms with Crippen molar-refractivity contribution in [2.24, 2.45) is 0 Å². The largest absolute Gasteiger partial charge is 0.459 e. The van der Waals surface area contributed by atoms with Crippen molar-refractivity contribution in [1.82, 2.24) is 20.3 Å². The lowest BCUT2D eigenvalue weighted by Gasteiger charge is -2.33. The van der Waals surface area contributed by atoms with Gasteiger partial charge in [-0.05, 0) is 26.0 Å². The number of nitrogens with zero attached hydrogens (tertiary/aromatic N) is 3. The highest BCUT2D eigenvalue weighted by Crippen LogP contribution is 2.23. The molecule has 1 amide bonds. The van der Waals surface area contributed by atoms with Gasteiger partial charge in [0.1, 0.15) is 17.1 Å². The number of carbonyl (C=O) groups is 1. The van der Waals surface area contributed by atoms with Crippen LogP contribution in [0.25, 0.3) is 11.0 Å². The van der Waals surface area contributed by atoms with Gasteiger partial charge >= 0.3 is 0 Å². The van der Waals surface area contributed by atoms with Crippen LogP contribution in [0.1, 0.15) is 30.2 Å². The van der Waals surface area contributed by atoms with Gasteiger partial charge in [-0.2, -0.15) is 0 Å². The monoisotopic (exact) mass is 382 g/mol. The first kappa shape index (κ1) is 18.7. The number of hydrogen-bond donors (Lipinski definition) is 1. The van der Waals surface area contributed by atoms with E-state index < -0.39 is 0 Å². The number of nitrogens with one attached hydrogen (secondary N) is 1. The molecule has 0 radical (unpaired) electrons. The molecule has 0 saturated carbocycles. The van der Waals surface area contributed by atoms with Gasteiger partial charge in [0, 0.05) is 44.2 Å². The van der Waals surface area contributed by atoms with Gasteiger partial charge in [-0.25, -0.2) is 0 Å². The van der Waals surface area contributed by atoms with E-state index >= 15 is 0 Å². The number of aromatic nitrogens is 1. The zero-order chi connectivity index (χ0) is 19.5. The van der Waals surface area contributed by atoms with Crippen LogP contribution in [0.15, 0.2) is 45.3 Å². The van der Waals surface area contributed by atoms with E-state index in [1.165, 1.54) is 0 Å². The Morgan fingerprint density at radius 1 is 1.18 bits per heavy atom. The van der Waals surface area contributed by atoms with E-state index in [2.05, 4.69) is 20.3 Å². The molecule has 28 heavy (non-hydrogen) atoms. The van der Waals surface area contributed by atoms with Gasteiger partial charge < -0.3 is 14.3 Å². The third-order valence-corrected chi connectivity index (χ3v) is 5.14. The topological polar surface area (TPSA) is 74.8 Å². The van der Waals surface area contributed by atoms with E-state index in [1.807, 2.05) is 50.2 Å². The predicted molar refractivity (Wildman–Crippen MR) is 106 cm³/mol. The number of furan rings is 1. The van der Waals surface area contributed by atoms with Crippen LogP contribution in [0.3, 0.4) is 0 Å². The first-order valence-corrected chi connectivity index (χ1v) is 9.71. The molecule has 0 bridgehead atoms. The summed E-state index contributed by atoms with van der Waals surface area (Å²) in [4.78, 5) is 17.0. The molecule has 0 unspecified atom stereocenters. The van der Waals surface area contributed by atoms with E-state index in [0.717, 1.165) is 60.9 Å². The van der Waals surface area contributed by atoms with Crippen LogP contribution >= 0.6 is 0 Å². The third kappa shape index (κ3) is 4.43. The second-order valence-corrected chi connectivity index (χ2v) is 7.46. The van der Waals surface area contributed by atoms with Crippen LogP contribution in [0.4, 0.5) is 0 Å². The highest BCUT2D eigenvalue weighted by atomic mass is 16.5. The first-order valence-electron chi connectivity index (χ1n) is 9.71. The highest BCUT2D eigenvalue weighted by molar-refractivity contribution is 5.80.